The van der Waals surface area contributed by atoms with E-state index in [4.69, 9.17) is 0 Å². The molecule has 0 aliphatic heterocycles. The number of carboxylic acids is 1. The molecule has 7 heteroatoms. The van der Waals surface area contributed by atoms with Crippen molar-refractivity contribution in [3.8, 4) is 0 Å². The van der Waals surface area contributed by atoms with Crippen molar-refractivity contribution in [2.24, 2.45) is 5.41 Å². The number of anilines is 1. The van der Waals surface area contributed by atoms with Crippen molar-refractivity contribution in [2.75, 3.05) is 5.32 Å². The molecule has 0 saturated heterocycles. The fourth-order valence-corrected chi connectivity index (χ4v) is 3.46. The van der Waals surface area contributed by atoms with E-state index >= 15 is 0 Å². The second-order valence-corrected chi connectivity index (χ2v) is 6.95. The van der Waals surface area contributed by atoms with Crippen LogP contribution in [-0.2, 0) is 22.4 Å². The molecule has 0 bridgehead atoms. The number of carboxylic acid groups (broad SMARTS) is 1. The Morgan fingerprint density at radius 2 is 1.76 bits per heavy atom. The molecule has 0 fully saturated rings. The molecule has 0 atom stereocenters. The van der Waals surface area contributed by atoms with Crippen LogP contribution in [0, 0.1) is 11.2 Å². The number of amides is 1. The molecular formula is C18H14BrFNNaO3. The number of fused-ring (bicyclic) bond motifs is 1. The van der Waals surface area contributed by atoms with Crippen LogP contribution in [0.15, 0.2) is 46.9 Å². The number of carbonyl (C=O) groups is 2. The standard InChI is InChI=1S/C18H15BrFNO3.Na/c19-13-5-6-15(14(20)7-13)21-16(22)10-18(17(23)24)8-11-3-1-2-4-12(11)9-18;/h1-7H,8-10H2,(H,21,22)(H,23,24);/q;+1/p-1. The minimum atomic E-state index is -1.29. The van der Waals surface area contributed by atoms with Crippen LogP contribution in [-0.4, -0.2) is 11.9 Å². The zero-order valence-electron chi connectivity index (χ0n) is 13.6. The van der Waals surface area contributed by atoms with E-state index in [1.807, 2.05) is 24.3 Å². The Morgan fingerprint density at radius 3 is 2.28 bits per heavy atom. The first kappa shape index (κ1) is 20.1. The number of hydrogen-bond donors (Lipinski definition) is 1. The van der Waals surface area contributed by atoms with Gasteiger partial charge in [-0.25, -0.2) is 4.39 Å². The van der Waals surface area contributed by atoms with E-state index in [0.717, 1.165) is 11.1 Å². The zero-order chi connectivity index (χ0) is 17.3. The summed E-state index contributed by atoms with van der Waals surface area (Å²) in [6.45, 7) is 0. The van der Waals surface area contributed by atoms with Crippen LogP contribution in [0.25, 0.3) is 0 Å². The molecule has 4 nitrogen and oxygen atoms in total. The van der Waals surface area contributed by atoms with Crippen molar-refractivity contribution < 1.29 is 48.6 Å². The number of hydrogen-bond acceptors (Lipinski definition) is 3. The third kappa shape index (κ3) is 4.31. The van der Waals surface area contributed by atoms with Gasteiger partial charge in [0.15, 0.2) is 0 Å². The van der Waals surface area contributed by atoms with Crippen molar-refractivity contribution in [2.45, 2.75) is 19.3 Å². The van der Waals surface area contributed by atoms with Gasteiger partial charge >= 0.3 is 29.6 Å². The second kappa shape index (κ2) is 7.99. The third-order valence-corrected chi connectivity index (χ3v) is 4.81. The molecular weight excluding hydrogens is 400 g/mol. The van der Waals surface area contributed by atoms with Gasteiger partial charge in [-0.05, 0) is 42.2 Å². The molecule has 3 rings (SSSR count). The topological polar surface area (TPSA) is 69.2 Å². The molecule has 2 aromatic carbocycles. The van der Waals surface area contributed by atoms with Crippen LogP contribution in [0.1, 0.15) is 17.5 Å². The summed E-state index contributed by atoms with van der Waals surface area (Å²) in [7, 11) is 0. The van der Waals surface area contributed by atoms with E-state index in [9.17, 15) is 19.1 Å². The molecule has 0 aromatic heterocycles. The maximum absolute atomic E-state index is 13.8. The van der Waals surface area contributed by atoms with Crippen molar-refractivity contribution in [3.05, 3.63) is 63.9 Å². The first-order chi connectivity index (χ1) is 11.4. The third-order valence-electron chi connectivity index (χ3n) is 4.31. The quantitative estimate of drug-likeness (QED) is 0.684. The first-order valence-corrected chi connectivity index (χ1v) is 8.22. The monoisotopic (exact) mass is 413 g/mol. The van der Waals surface area contributed by atoms with Gasteiger partial charge in [0.05, 0.1) is 5.69 Å². The Bertz CT molecular complexity index is 803. The van der Waals surface area contributed by atoms with Gasteiger partial charge in [0.25, 0.3) is 0 Å². The average Bonchev–Trinajstić information content (AvgIpc) is 2.89. The van der Waals surface area contributed by atoms with E-state index in [2.05, 4.69) is 21.2 Å². The van der Waals surface area contributed by atoms with Gasteiger partial charge in [0.1, 0.15) is 5.82 Å². The molecule has 1 N–H and O–H groups in total. The summed E-state index contributed by atoms with van der Waals surface area (Å²) in [5.41, 5.74) is 0.542. The molecule has 1 aliphatic carbocycles. The number of rotatable bonds is 4. The van der Waals surface area contributed by atoms with Crippen molar-refractivity contribution in [3.63, 3.8) is 0 Å². The van der Waals surface area contributed by atoms with E-state index in [0.29, 0.717) is 4.47 Å². The Hall–Kier alpha value is -1.21. The maximum Gasteiger partial charge on any atom is 1.00 e. The maximum atomic E-state index is 13.8. The van der Waals surface area contributed by atoms with Crippen LogP contribution in [0.5, 0.6) is 0 Å². The Balaban J connectivity index is 0.00000225. The van der Waals surface area contributed by atoms with Crippen LogP contribution in [0.3, 0.4) is 0 Å². The van der Waals surface area contributed by atoms with Crippen LogP contribution in [0.4, 0.5) is 10.1 Å². The number of benzene rings is 2. The molecule has 0 heterocycles. The Kier molecular flexibility index (Phi) is 6.43. The SMILES string of the molecule is O=C(CC1(C(=O)[O-])Cc2ccccc2C1)Nc1ccc(Br)cc1F.[Na+]. The van der Waals surface area contributed by atoms with E-state index in [1.54, 1.807) is 6.07 Å². The normalized spacial score (nSPS) is 14.3. The molecule has 2 aromatic rings. The summed E-state index contributed by atoms with van der Waals surface area (Å²) < 4.78 is 14.4. The second-order valence-electron chi connectivity index (χ2n) is 6.04. The van der Waals surface area contributed by atoms with E-state index < -0.39 is 23.1 Å². The molecule has 1 aliphatic rings. The van der Waals surface area contributed by atoms with Gasteiger partial charge in [-0.1, -0.05) is 40.2 Å². The van der Waals surface area contributed by atoms with Gasteiger partial charge in [-0.15, -0.1) is 0 Å². The predicted molar refractivity (Wildman–Crippen MR) is 88.6 cm³/mol. The van der Waals surface area contributed by atoms with E-state index in [-0.39, 0.29) is 54.5 Å². The van der Waals surface area contributed by atoms with E-state index in [1.165, 1.54) is 12.1 Å². The summed E-state index contributed by atoms with van der Waals surface area (Å²) in [4.78, 5) is 24.0. The Morgan fingerprint density at radius 1 is 1.16 bits per heavy atom. The summed E-state index contributed by atoms with van der Waals surface area (Å²) in [6, 6.07) is 11.6. The first-order valence-electron chi connectivity index (χ1n) is 7.43. The van der Waals surface area contributed by atoms with Gasteiger partial charge in [-0.3, -0.25) is 4.79 Å². The Labute approximate surface area is 175 Å². The van der Waals surface area contributed by atoms with Gasteiger partial charge in [0, 0.05) is 22.3 Å². The zero-order valence-corrected chi connectivity index (χ0v) is 17.2. The molecule has 124 valence electrons. The summed E-state index contributed by atoms with van der Waals surface area (Å²) in [6.07, 6.45) is 0.211. The summed E-state index contributed by atoms with van der Waals surface area (Å²) >= 11 is 3.14. The predicted octanol–water partition coefficient (Wildman–Crippen LogP) is -0.544. The van der Waals surface area contributed by atoms with Gasteiger partial charge in [0.2, 0.25) is 5.91 Å². The minimum Gasteiger partial charge on any atom is -0.550 e. The number of halogens is 2. The molecule has 0 radical (unpaired) electrons. The number of aliphatic carboxylic acids is 1. The van der Waals surface area contributed by atoms with Crippen LogP contribution < -0.4 is 40.0 Å². The fraction of sp³-hybridized carbons (Fsp3) is 0.222. The van der Waals surface area contributed by atoms with Crippen LogP contribution >= 0.6 is 15.9 Å². The average molecular weight is 414 g/mol. The minimum absolute atomic E-state index is 0. The van der Waals surface area contributed by atoms with Gasteiger partial charge in [-0.2, -0.15) is 0 Å². The smallest absolute Gasteiger partial charge is 0.550 e. The largest absolute Gasteiger partial charge is 1.00 e. The summed E-state index contributed by atoms with van der Waals surface area (Å²) in [5.74, 6) is -2.40. The molecule has 0 unspecified atom stereocenters. The molecule has 0 spiro atoms. The van der Waals surface area contributed by atoms with Crippen molar-refractivity contribution >= 4 is 33.5 Å². The van der Waals surface area contributed by atoms with Gasteiger partial charge < -0.3 is 15.2 Å². The molecule has 0 saturated carbocycles. The number of nitrogens with one attached hydrogen (secondary N) is 1. The number of carbonyl (C=O) groups excluding carboxylic acids is 2. The van der Waals surface area contributed by atoms with Crippen molar-refractivity contribution in [1.29, 1.82) is 0 Å². The molecule has 1 amide bonds. The fourth-order valence-electron chi connectivity index (χ4n) is 3.13. The molecule has 25 heavy (non-hydrogen) atoms. The van der Waals surface area contributed by atoms with Crippen molar-refractivity contribution in [1.82, 2.24) is 0 Å². The van der Waals surface area contributed by atoms with Crippen LogP contribution in [0.2, 0.25) is 0 Å². The summed E-state index contributed by atoms with van der Waals surface area (Å²) in [5, 5.41) is 14.2.